The average molecular weight is 421 g/mol. The first-order chi connectivity index (χ1) is 15.2. The highest BCUT2D eigenvalue weighted by molar-refractivity contribution is 5.65. The van der Waals surface area contributed by atoms with Crippen molar-refractivity contribution in [3.63, 3.8) is 0 Å². The van der Waals surface area contributed by atoms with E-state index in [2.05, 4.69) is 20.9 Å². The van der Waals surface area contributed by atoms with Gasteiger partial charge in [-0.15, -0.1) is 0 Å². The molecule has 0 N–H and O–H groups in total. The third kappa shape index (κ3) is 4.56. The molecule has 0 radical (unpaired) electrons. The van der Waals surface area contributed by atoms with Crippen LogP contribution >= 0.6 is 0 Å². The number of halogens is 1. The maximum absolute atomic E-state index is 13.1. The number of nitrogens with zero attached hydrogens (tertiary/aromatic N) is 3. The molecule has 31 heavy (non-hydrogen) atoms. The van der Waals surface area contributed by atoms with Gasteiger partial charge in [0.1, 0.15) is 30.5 Å². The lowest BCUT2D eigenvalue weighted by Crippen LogP contribution is -2.46. The molecule has 6 nitrogen and oxygen atoms in total. The number of piperazine rings is 1. The number of benzene rings is 2. The van der Waals surface area contributed by atoms with E-state index >= 15 is 0 Å². The molecular formula is C24H24FN3O3. The molecule has 2 aromatic carbocycles. The van der Waals surface area contributed by atoms with Gasteiger partial charge in [0, 0.05) is 38.9 Å². The Balaban J connectivity index is 1.20. The Morgan fingerprint density at radius 3 is 2.55 bits per heavy atom. The zero-order chi connectivity index (χ0) is 21.0. The Morgan fingerprint density at radius 2 is 1.71 bits per heavy atom. The molecule has 3 heterocycles. The highest BCUT2D eigenvalue weighted by atomic mass is 19.1. The Bertz CT molecular complexity index is 1040. The van der Waals surface area contributed by atoms with Crippen LogP contribution in [0, 0.1) is 5.82 Å². The Morgan fingerprint density at radius 1 is 0.903 bits per heavy atom. The van der Waals surface area contributed by atoms with E-state index in [0.29, 0.717) is 24.7 Å². The molecule has 2 aliphatic heterocycles. The molecule has 7 heteroatoms. The molecule has 1 fully saturated rings. The third-order valence-electron chi connectivity index (χ3n) is 5.48. The SMILES string of the molecule is Fc1ccc(Oc2cncc(CN3CCN(c4cccc5c4OCCO5)CC3)c2)cc1. The van der Waals surface area contributed by atoms with Gasteiger partial charge in [0.25, 0.3) is 0 Å². The summed E-state index contributed by atoms with van der Waals surface area (Å²) in [5.41, 5.74) is 2.19. The van der Waals surface area contributed by atoms with Crippen molar-refractivity contribution >= 4 is 5.69 Å². The molecule has 3 aromatic rings. The molecule has 0 spiro atoms. The monoisotopic (exact) mass is 421 g/mol. The first kappa shape index (κ1) is 19.6. The van der Waals surface area contributed by atoms with E-state index in [0.717, 1.165) is 55.5 Å². The standard InChI is InChI=1S/C24H24FN3O3/c25-19-4-6-20(7-5-19)31-21-14-18(15-26-16-21)17-27-8-10-28(11-9-27)22-2-1-3-23-24(22)30-13-12-29-23/h1-7,14-16H,8-13,17H2. The van der Waals surface area contributed by atoms with Crippen LogP contribution in [0.25, 0.3) is 0 Å². The van der Waals surface area contributed by atoms with E-state index in [1.54, 1.807) is 18.3 Å². The molecule has 0 bridgehead atoms. The van der Waals surface area contributed by atoms with Gasteiger partial charge in [-0.25, -0.2) is 4.39 Å². The van der Waals surface area contributed by atoms with Crippen molar-refractivity contribution in [1.29, 1.82) is 0 Å². The van der Waals surface area contributed by atoms with Crippen LogP contribution in [0.4, 0.5) is 10.1 Å². The maximum Gasteiger partial charge on any atom is 0.184 e. The van der Waals surface area contributed by atoms with Crippen molar-refractivity contribution in [2.24, 2.45) is 0 Å². The fourth-order valence-electron chi connectivity index (χ4n) is 3.96. The van der Waals surface area contributed by atoms with Crippen LogP contribution in [-0.2, 0) is 6.54 Å². The molecule has 0 amide bonds. The van der Waals surface area contributed by atoms with E-state index in [-0.39, 0.29) is 5.82 Å². The number of hydrogen-bond donors (Lipinski definition) is 0. The van der Waals surface area contributed by atoms with Crippen LogP contribution in [0.15, 0.2) is 60.9 Å². The lowest BCUT2D eigenvalue weighted by Gasteiger charge is -2.37. The normalized spacial score (nSPS) is 16.2. The molecule has 1 aromatic heterocycles. The Hall–Kier alpha value is -3.32. The van der Waals surface area contributed by atoms with E-state index in [1.807, 2.05) is 24.4 Å². The quantitative estimate of drug-likeness (QED) is 0.618. The van der Waals surface area contributed by atoms with Crippen LogP contribution in [0.2, 0.25) is 0 Å². The summed E-state index contributed by atoms with van der Waals surface area (Å²) in [6, 6.07) is 14.1. The highest BCUT2D eigenvalue weighted by Crippen LogP contribution is 2.39. The van der Waals surface area contributed by atoms with E-state index in [1.165, 1.54) is 12.1 Å². The maximum atomic E-state index is 13.1. The number of pyridine rings is 1. The smallest absolute Gasteiger partial charge is 0.184 e. The summed E-state index contributed by atoms with van der Waals surface area (Å²) in [6.07, 6.45) is 3.54. The van der Waals surface area contributed by atoms with Gasteiger partial charge in [-0.2, -0.15) is 0 Å². The predicted octanol–water partition coefficient (Wildman–Crippen LogP) is 4.11. The molecule has 0 aliphatic carbocycles. The van der Waals surface area contributed by atoms with Crippen molar-refractivity contribution in [3.05, 3.63) is 72.3 Å². The summed E-state index contributed by atoms with van der Waals surface area (Å²) in [5.74, 6) is 2.64. The second-order valence-corrected chi connectivity index (χ2v) is 7.65. The fourth-order valence-corrected chi connectivity index (χ4v) is 3.96. The lowest BCUT2D eigenvalue weighted by atomic mass is 10.2. The largest absolute Gasteiger partial charge is 0.486 e. The first-order valence-corrected chi connectivity index (χ1v) is 10.5. The molecule has 160 valence electrons. The van der Waals surface area contributed by atoms with Gasteiger partial charge in [0.05, 0.1) is 11.9 Å². The zero-order valence-electron chi connectivity index (χ0n) is 17.2. The number of ether oxygens (including phenoxy) is 3. The number of fused-ring (bicyclic) bond motifs is 1. The third-order valence-corrected chi connectivity index (χ3v) is 5.48. The first-order valence-electron chi connectivity index (χ1n) is 10.5. The molecule has 0 unspecified atom stereocenters. The van der Waals surface area contributed by atoms with Gasteiger partial charge in [-0.1, -0.05) is 6.07 Å². The second kappa shape index (κ2) is 8.81. The lowest BCUT2D eigenvalue weighted by molar-refractivity contribution is 0.171. The minimum absolute atomic E-state index is 0.284. The average Bonchev–Trinajstić information content (AvgIpc) is 2.81. The van der Waals surface area contributed by atoms with Crippen LogP contribution in [0.3, 0.4) is 0 Å². The number of para-hydroxylation sites is 1. The topological polar surface area (TPSA) is 47.1 Å². The Kier molecular flexibility index (Phi) is 5.58. The van der Waals surface area contributed by atoms with Crippen molar-refractivity contribution in [2.45, 2.75) is 6.54 Å². The highest BCUT2D eigenvalue weighted by Gasteiger charge is 2.23. The van der Waals surface area contributed by atoms with Crippen LogP contribution < -0.4 is 19.1 Å². The van der Waals surface area contributed by atoms with Gasteiger partial charge in [-0.05, 0) is 48.0 Å². The molecule has 1 saturated heterocycles. The van der Waals surface area contributed by atoms with Crippen LogP contribution in [0.5, 0.6) is 23.0 Å². The zero-order valence-corrected chi connectivity index (χ0v) is 17.2. The van der Waals surface area contributed by atoms with E-state index in [4.69, 9.17) is 14.2 Å². The fraction of sp³-hybridized carbons (Fsp3) is 0.292. The minimum atomic E-state index is -0.284. The van der Waals surface area contributed by atoms with Crippen LogP contribution in [0.1, 0.15) is 5.56 Å². The summed E-state index contributed by atoms with van der Waals surface area (Å²) in [4.78, 5) is 9.07. The second-order valence-electron chi connectivity index (χ2n) is 7.65. The van der Waals surface area contributed by atoms with E-state index < -0.39 is 0 Å². The van der Waals surface area contributed by atoms with Gasteiger partial charge >= 0.3 is 0 Å². The van der Waals surface area contributed by atoms with E-state index in [9.17, 15) is 4.39 Å². The molecular weight excluding hydrogens is 397 g/mol. The number of rotatable bonds is 5. The van der Waals surface area contributed by atoms with Crippen molar-refractivity contribution in [3.8, 4) is 23.0 Å². The summed E-state index contributed by atoms with van der Waals surface area (Å²) >= 11 is 0. The van der Waals surface area contributed by atoms with Crippen molar-refractivity contribution < 1.29 is 18.6 Å². The number of hydrogen-bond acceptors (Lipinski definition) is 6. The summed E-state index contributed by atoms with van der Waals surface area (Å²) in [5, 5.41) is 0. The molecule has 0 saturated carbocycles. The number of anilines is 1. The van der Waals surface area contributed by atoms with Gasteiger partial charge in [0.2, 0.25) is 0 Å². The molecule has 5 rings (SSSR count). The predicted molar refractivity (Wildman–Crippen MR) is 116 cm³/mol. The summed E-state index contributed by atoms with van der Waals surface area (Å²) in [7, 11) is 0. The Labute approximate surface area is 180 Å². The van der Waals surface area contributed by atoms with Gasteiger partial charge in [-0.3, -0.25) is 9.88 Å². The van der Waals surface area contributed by atoms with Crippen LogP contribution in [-0.4, -0.2) is 49.3 Å². The van der Waals surface area contributed by atoms with Gasteiger partial charge in [0.15, 0.2) is 11.5 Å². The summed E-state index contributed by atoms with van der Waals surface area (Å²) < 4.78 is 30.5. The van der Waals surface area contributed by atoms with Gasteiger partial charge < -0.3 is 19.1 Å². The molecule has 0 atom stereocenters. The summed E-state index contributed by atoms with van der Waals surface area (Å²) in [6.45, 7) is 5.70. The number of aromatic nitrogens is 1. The van der Waals surface area contributed by atoms with Crippen molar-refractivity contribution in [1.82, 2.24) is 9.88 Å². The van der Waals surface area contributed by atoms with Crippen molar-refractivity contribution in [2.75, 3.05) is 44.3 Å². The molecule has 2 aliphatic rings. The minimum Gasteiger partial charge on any atom is -0.486 e.